The maximum Gasteiger partial charge on any atom is 0.0515 e. The maximum atomic E-state index is 9.07. The van der Waals surface area contributed by atoms with Crippen molar-refractivity contribution in [1.29, 1.82) is 0 Å². The van der Waals surface area contributed by atoms with Crippen LogP contribution in [0.4, 0.5) is 0 Å². The monoisotopic (exact) mass is 164 g/mol. The molecule has 0 aliphatic rings. The highest BCUT2D eigenvalue weighted by Gasteiger charge is 1.96. The second-order valence-corrected chi connectivity index (χ2v) is 3.37. The summed E-state index contributed by atoms with van der Waals surface area (Å²) in [4.78, 5) is 0. The first-order valence-electron chi connectivity index (χ1n) is 4.42. The lowest BCUT2D eigenvalue weighted by molar-refractivity contribution is 0.185. The predicted octanol–water partition coefficient (Wildman–Crippen LogP) is 2.31. The fourth-order valence-corrected chi connectivity index (χ4v) is 1.13. The lowest BCUT2D eigenvalue weighted by Crippen LogP contribution is -2.01. The van der Waals surface area contributed by atoms with Gasteiger partial charge < -0.3 is 5.11 Å². The van der Waals surface area contributed by atoms with Crippen molar-refractivity contribution in [2.24, 2.45) is 0 Å². The Morgan fingerprint density at radius 2 is 1.83 bits per heavy atom. The molecule has 0 bridgehead atoms. The molecule has 0 radical (unpaired) electrons. The van der Waals surface area contributed by atoms with Crippen LogP contribution in [0.1, 0.15) is 24.5 Å². The van der Waals surface area contributed by atoms with Crippen LogP contribution in [0.5, 0.6) is 0 Å². The highest BCUT2D eigenvalue weighted by molar-refractivity contribution is 5.21. The van der Waals surface area contributed by atoms with E-state index in [0.717, 1.165) is 12.8 Å². The molecule has 1 aromatic rings. The van der Waals surface area contributed by atoms with Gasteiger partial charge >= 0.3 is 0 Å². The Bertz CT molecular complexity index is 223. The molecule has 0 spiro atoms. The third-order valence-corrected chi connectivity index (χ3v) is 1.97. The van der Waals surface area contributed by atoms with Gasteiger partial charge in [0.15, 0.2) is 0 Å². The first kappa shape index (κ1) is 9.27. The van der Waals surface area contributed by atoms with Crippen LogP contribution in [0.3, 0.4) is 0 Å². The third-order valence-electron chi connectivity index (χ3n) is 1.97. The average Bonchev–Trinajstić information content (AvgIpc) is 2.03. The normalized spacial score (nSPS) is 12.9. The van der Waals surface area contributed by atoms with Crippen molar-refractivity contribution >= 4 is 0 Å². The van der Waals surface area contributed by atoms with E-state index in [-0.39, 0.29) is 6.10 Å². The van der Waals surface area contributed by atoms with Gasteiger partial charge in [0.25, 0.3) is 0 Å². The van der Waals surface area contributed by atoms with Crippen LogP contribution in [0.25, 0.3) is 0 Å². The van der Waals surface area contributed by atoms with Gasteiger partial charge in [-0.05, 0) is 32.3 Å². The van der Waals surface area contributed by atoms with Gasteiger partial charge in [-0.1, -0.05) is 29.8 Å². The van der Waals surface area contributed by atoms with E-state index in [0.29, 0.717) is 0 Å². The average molecular weight is 164 g/mol. The summed E-state index contributed by atoms with van der Waals surface area (Å²) in [5.41, 5.74) is 2.59. The zero-order chi connectivity index (χ0) is 8.97. The highest BCUT2D eigenvalue weighted by Crippen LogP contribution is 2.06. The van der Waals surface area contributed by atoms with Gasteiger partial charge in [0.1, 0.15) is 0 Å². The van der Waals surface area contributed by atoms with Gasteiger partial charge in [-0.3, -0.25) is 0 Å². The van der Waals surface area contributed by atoms with Crippen LogP contribution in [0, 0.1) is 6.92 Å². The van der Waals surface area contributed by atoms with E-state index in [9.17, 15) is 0 Å². The van der Waals surface area contributed by atoms with Crippen molar-refractivity contribution in [3.8, 4) is 0 Å². The van der Waals surface area contributed by atoms with E-state index >= 15 is 0 Å². The number of rotatable bonds is 3. The number of benzene rings is 1. The summed E-state index contributed by atoms with van der Waals surface area (Å²) in [6.45, 7) is 3.91. The molecule has 0 heterocycles. The topological polar surface area (TPSA) is 20.2 Å². The molecule has 66 valence electrons. The van der Waals surface area contributed by atoms with Crippen molar-refractivity contribution in [3.63, 3.8) is 0 Å². The fraction of sp³-hybridized carbons (Fsp3) is 0.455. The minimum absolute atomic E-state index is 0.189. The van der Waals surface area contributed by atoms with Gasteiger partial charge in [-0.25, -0.2) is 0 Å². The maximum absolute atomic E-state index is 9.07. The molecule has 1 N–H and O–H groups in total. The molecule has 1 heteroatoms. The number of aliphatic hydroxyl groups is 1. The quantitative estimate of drug-likeness (QED) is 0.726. The molecule has 0 unspecified atom stereocenters. The molecule has 1 atom stereocenters. The van der Waals surface area contributed by atoms with Crippen LogP contribution < -0.4 is 0 Å². The van der Waals surface area contributed by atoms with Crippen LogP contribution in [-0.2, 0) is 6.42 Å². The molecule has 1 rings (SSSR count). The van der Waals surface area contributed by atoms with E-state index < -0.39 is 0 Å². The minimum Gasteiger partial charge on any atom is -0.393 e. The van der Waals surface area contributed by atoms with Gasteiger partial charge in [0.05, 0.1) is 6.10 Å². The molecule has 12 heavy (non-hydrogen) atoms. The van der Waals surface area contributed by atoms with Gasteiger partial charge in [-0.15, -0.1) is 0 Å². The van der Waals surface area contributed by atoms with E-state index in [1.54, 1.807) is 0 Å². The van der Waals surface area contributed by atoms with Gasteiger partial charge in [-0.2, -0.15) is 0 Å². The van der Waals surface area contributed by atoms with E-state index in [4.69, 9.17) is 5.11 Å². The first-order valence-corrected chi connectivity index (χ1v) is 4.42. The van der Waals surface area contributed by atoms with Crippen molar-refractivity contribution in [2.45, 2.75) is 32.8 Å². The standard InChI is InChI=1S/C11H16O/c1-9-3-6-11(7-4-9)8-5-10(2)12/h3-4,6-7,10,12H,5,8H2,1-2H3/t10-/m0/s1. The van der Waals surface area contributed by atoms with E-state index in [1.165, 1.54) is 11.1 Å². The van der Waals surface area contributed by atoms with Crippen molar-refractivity contribution < 1.29 is 5.11 Å². The largest absolute Gasteiger partial charge is 0.393 e. The minimum atomic E-state index is -0.189. The first-order chi connectivity index (χ1) is 5.68. The third kappa shape index (κ3) is 3.05. The molecule has 0 saturated heterocycles. The molecule has 0 fully saturated rings. The van der Waals surface area contributed by atoms with Crippen LogP contribution in [-0.4, -0.2) is 11.2 Å². The second-order valence-electron chi connectivity index (χ2n) is 3.37. The van der Waals surface area contributed by atoms with E-state index in [2.05, 4.69) is 31.2 Å². The summed E-state index contributed by atoms with van der Waals surface area (Å²) >= 11 is 0. The summed E-state index contributed by atoms with van der Waals surface area (Å²) < 4.78 is 0. The molecule has 1 nitrogen and oxygen atoms in total. The molecular weight excluding hydrogens is 148 g/mol. The van der Waals surface area contributed by atoms with Crippen molar-refractivity contribution in [1.82, 2.24) is 0 Å². The smallest absolute Gasteiger partial charge is 0.0515 e. The van der Waals surface area contributed by atoms with Crippen molar-refractivity contribution in [3.05, 3.63) is 35.4 Å². The zero-order valence-electron chi connectivity index (χ0n) is 7.75. The van der Waals surface area contributed by atoms with Crippen LogP contribution >= 0.6 is 0 Å². The van der Waals surface area contributed by atoms with Crippen molar-refractivity contribution in [2.75, 3.05) is 0 Å². The second kappa shape index (κ2) is 4.27. The van der Waals surface area contributed by atoms with E-state index in [1.807, 2.05) is 6.92 Å². The molecule has 0 saturated carbocycles. The molecule has 1 aromatic carbocycles. The Morgan fingerprint density at radius 3 is 2.33 bits per heavy atom. The summed E-state index contributed by atoms with van der Waals surface area (Å²) in [7, 11) is 0. The summed E-state index contributed by atoms with van der Waals surface area (Å²) in [5, 5.41) is 9.07. The van der Waals surface area contributed by atoms with Gasteiger partial charge in [0, 0.05) is 0 Å². The number of hydrogen-bond donors (Lipinski definition) is 1. The molecule has 0 aromatic heterocycles. The summed E-state index contributed by atoms with van der Waals surface area (Å²) in [5.74, 6) is 0. The molecule has 0 amide bonds. The van der Waals surface area contributed by atoms with Crippen LogP contribution in [0.2, 0.25) is 0 Å². The summed E-state index contributed by atoms with van der Waals surface area (Å²) in [6, 6.07) is 8.46. The van der Waals surface area contributed by atoms with Crippen LogP contribution in [0.15, 0.2) is 24.3 Å². The Morgan fingerprint density at radius 1 is 1.25 bits per heavy atom. The highest BCUT2D eigenvalue weighted by atomic mass is 16.3. The number of hydrogen-bond acceptors (Lipinski definition) is 1. The predicted molar refractivity (Wildman–Crippen MR) is 51.2 cm³/mol. The fourth-order valence-electron chi connectivity index (χ4n) is 1.13. The Balaban J connectivity index is 2.48. The summed E-state index contributed by atoms with van der Waals surface area (Å²) in [6.07, 6.45) is 1.63. The SMILES string of the molecule is Cc1ccc(CC[C@H](C)O)cc1. The number of aliphatic hydroxyl groups excluding tert-OH is 1. The molecule has 0 aliphatic carbocycles. The van der Waals surface area contributed by atoms with Gasteiger partial charge in [0.2, 0.25) is 0 Å². The lowest BCUT2D eigenvalue weighted by atomic mass is 10.1. The Labute approximate surface area is 74.1 Å². The Hall–Kier alpha value is -0.820. The number of aryl methyl sites for hydroxylation is 2. The Kier molecular flexibility index (Phi) is 3.30. The molecular formula is C11H16O. The zero-order valence-corrected chi connectivity index (χ0v) is 7.75. The molecule has 0 aliphatic heterocycles. The lowest BCUT2D eigenvalue weighted by Gasteiger charge is -2.03.